The molecule has 1 saturated heterocycles. The van der Waals surface area contributed by atoms with Gasteiger partial charge in [0.2, 0.25) is 0 Å². The average Bonchev–Trinajstić information content (AvgIpc) is 2.29. The first-order valence-electron chi connectivity index (χ1n) is 6.19. The second-order valence-electron chi connectivity index (χ2n) is 4.79. The molecule has 2 heteroatoms. The summed E-state index contributed by atoms with van der Waals surface area (Å²) < 4.78 is 1.29. The van der Waals surface area contributed by atoms with Gasteiger partial charge in [0.05, 0.1) is 0 Å². The standard InChI is InChI=1S/C14H20BrN/c1-3-11-9-16-7-6-12(11)13-5-4-10(2)8-14(13)15/h4-5,8,11-12,16H,3,6-7,9H2,1-2H3. The summed E-state index contributed by atoms with van der Waals surface area (Å²) in [6.07, 6.45) is 2.53. The summed E-state index contributed by atoms with van der Waals surface area (Å²) in [4.78, 5) is 0. The molecule has 1 N–H and O–H groups in total. The van der Waals surface area contributed by atoms with Crippen molar-refractivity contribution in [2.24, 2.45) is 5.92 Å². The van der Waals surface area contributed by atoms with Crippen LogP contribution in [0.3, 0.4) is 0 Å². The van der Waals surface area contributed by atoms with Crippen LogP contribution in [0, 0.1) is 12.8 Å². The number of aryl methyl sites for hydroxylation is 1. The second-order valence-corrected chi connectivity index (χ2v) is 5.65. The van der Waals surface area contributed by atoms with Crippen molar-refractivity contribution in [2.45, 2.75) is 32.6 Å². The van der Waals surface area contributed by atoms with Crippen molar-refractivity contribution in [3.63, 3.8) is 0 Å². The Balaban J connectivity index is 2.27. The highest BCUT2D eigenvalue weighted by atomic mass is 79.9. The Morgan fingerprint density at radius 2 is 2.25 bits per heavy atom. The van der Waals surface area contributed by atoms with Gasteiger partial charge >= 0.3 is 0 Å². The van der Waals surface area contributed by atoms with Crippen LogP contribution >= 0.6 is 15.9 Å². The lowest BCUT2D eigenvalue weighted by molar-refractivity contribution is 0.317. The van der Waals surface area contributed by atoms with Crippen molar-refractivity contribution in [2.75, 3.05) is 13.1 Å². The number of benzene rings is 1. The quantitative estimate of drug-likeness (QED) is 0.868. The van der Waals surface area contributed by atoms with E-state index in [2.05, 4.69) is 53.3 Å². The Bertz CT molecular complexity index is 362. The van der Waals surface area contributed by atoms with Crippen molar-refractivity contribution in [3.05, 3.63) is 33.8 Å². The first-order valence-corrected chi connectivity index (χ1v) is 6.98. The number of piperidine rings is 1. The van der Waals surface area contributed by atoms with E-state index < -0.39 is 0 Å². The molecular formula is C14H20BrN. The fourth-order valence-electron chi connectivity index (χ4n) is 2.69. The Morgan fingerprint density at radius 3 is 2.94 bits per heavy atom. The van der Waals surface area contributed by atoms with E-state index in [1.165, 1.54) is 35.0 Å². The van der Waals surface area contributed by atoms with Crippen LogP contribution in [-0.4, -0.2) is 13.1 Å². The van der Waals surface area contributed by atoms with E-state index in [9.17, 15) is 0 Å². The van der Waals surface area contributed by atoms with Crippen LogP contribution in [0.2, 0.25) is 0 Å². The second kappa shape index (κ2) is 5.33. The third kappa shape index (κ3) is 2.49. The smallest absolute Gasteiger partial charge is 0.0212 e. The van der Waals surface area contributed by atoms with Crippen LogP contribution in [0.1, 0.15) is 36.8 Å². The molecular weight excluding hydrogens is 262 g/mol. The maximum absolute atomic E-state index is 3.72. The predicted molar refractivity (Wildman–Crippen MR) is 72.9 cm³/mol. The van der Waals surface area contributed by atoms with Gasteiger partial charge < -0.3 is 5.32 Å². The zero-order valence-corrected chi connectivity index (χ0v) is 11.7. The van der Waals surface area contributed by atoms with Crippen molar-refractivity contribution >= 4 is 15.9 Å². The highest BCUT2D eigenvalue weighted by Gasteiger charge is 2.26. The van der Waals surface area contributed by atoms with Gasteiger partial charge in [-0.2, -0.15) is 0 Å². The molecule has 88 valence electrons. The molecule has 0 radical (unpaired) electrons. The molecule has 1 heterocycles. The Kier molecular flexibility index (Phi) is 4.04. The van der Waals surface area contributed by atoms with E-state index in [1.54, 1.807) is 0 Å². The maximum atomic E-state index is 3.72. The van der Waals surface area contributed by atoms with Gasteiger partial charge in [-0.25, -0.2) is 0 Å². The fourth-order valence-corrected chi connectivity index (χ4v) is 3.48. The lowest BCUT2D eigenvalue weighted by Gasteiger charge is -2.32. The summed E-state index contributed by atoms with van der Waals surface area (Å²) in [5.41, 5.74) is 2.83. The normalized spacial score (nSPS) is 25.7. The molecule has 0 spiro atoms. The molecule has 0 bridgehead atoms. The minimum atomic E-state index is 0.723. The van der Waals surface area contributed by atoms with Crippen molar-refractivity contribution in [1.82, 2.24) is 5.32 Å². The third-order valence-electron chi connectivity index (χ3n) is 3.69. The SMILES string of the molecule is CCC1CNCCC1c1ccc(C)cc1Br. The summed E-state index contributed by atoms with van der Waals surface area (Å²) in [6, 6.07) is 6.77. The van der Waals surface area contributed by atoms with E-state index in [1.807, 2.05) is 0 Å². The van der Waals surface area contributed by atoms with Gasteiger partial charge in [-0.05, 0) is 55.5 Å². The van der Waals surface area contributed by atoms with Gasteiger partial charge in [0.15, 0.2) is 0 Å². The highest BCUT2D eigenvalue weighted by molar-refractivity contribution is 9.10. The van der Waals surface area contributed by atoms with E-state index in [-0.39, 0.29) is 0 Å². The fraction of sp³-hybridized carbons (Fsp3) is 0.571. The first kappa shape index (κ1) is 12.1. The zero-order chi connectivity index (χ0) is 11.5. The maximum Gasteiger partial charge on any atom is 0.0212 e. The number of hydrogen-bond donors (Lipinski definition) is 1. The molecule has 1 fully saturated rings. The van der Waals surface area contributed by atoms with Crippen molar-refractivity contribution in [1.29, 1.82) is 0 Å². The van der Waals surface area contributed by atoms with Gasteiger partial charge in [0.25, 0.3) is 0 Å². The van der Waals surface area contributed by atoms with Crippen LogP contribution in [0.15, 0.2) is 22.7 Å². The summed E-state index contributed by atoms with van der Waals surface area (Å²) in [5.74, 6) is 1.51. The predicted octanol–water partition coefficient (Wildman–Crippen LogP) is 3.86. The monoisotopic (exact) mass is 281 g/mol. The van der Waals surface area contributed by atoms with Crippen molar-refractivity contribution < 1.29 is 0 Å². The van der Waals surface area contributed by atoms with Crippen molar-refractivity contribution in [3.8, 4) is 0 Å². The van der Waals surface area contributed by atoms with E-state index >= 15 is 0 Å². The lowest BCUT2D eigenvalue weighted by Crippen LogP contribution is -2.35. The zero-order valence-electron chi connectivity index (χ0n) is 10.1. The Labute approximate surface area is 107 Å². The van der Waals surface area contributed by atoms with E-state index in [0.29, 0.717) is 0 Å². The molecule has 1 aliphatic heterocycles. The molecule has 2 rings (SSSR count). The molecule has 0 amide bonds. The van der Waals surface area contributed by atoms with Crippen LogP contribution in [0.25, 0.3) is 0 Å². The summed E-state index contributed by atoms with van der Waals surface area (Å²) in [5, 5.41) is 3.50. The van der Waals surface area contributed by atoms with Gasteiger partial charge in [-0.15, -0.1) is 0 Å². The molecule has 2 atom stereocenters. The summed E-state index contributed by atoms with van der Waals surface area (Å²) in [6.45, 7) is 6.77. The molecule has 1 aromatic rings. The van der Waals surface area contributed by atoms with Crippen LogP contribution in [0.5, 0.6) is 0 Å². The Hall–Kier alpha value is -0.340. The average molecular weight is 282 g/mol. The summed E-state index contributed by atoms with van der Waals surface area (Å²) in [7, 11) is 0. The largest absolute Gasteiger partial charge is 0.316 e. The van der Waals surface area contributed by atoms with E-state index in [0.717, 1.165) is 18.4 Å². The Morgan fingerprint density at radius 1 is 1.44 bits per heavy atom. The molecule has 0 aromatic heterocycles. The lowest BCUT2D eigenvalue weighted by atomic mass is 9.80. The number of halogens is 1. The van der Waals surface area contributed by atoms with Crippen LogP contribution < -0.4 is 5.32 Å². The minimum absolute atomic E-state index is 0.723. The molecule has 0 aliphatic carbocycles. The molecule has 2 unspecified atom stereocenters. The van der Waals surface area contributed by atoms with E-state index in [4.69, 9.17) is 0 Å². The molecule has 16 heavy (non-hydrogen) atoms. The van der Waals surface area contributed by atoms with Gasteiger partial charge in [-0.1, -0.05) is 41.4 Å². The third-order valence-corrected chi connectivity index (χ3v) is 4.37. The molecule has 0 saturated carbocycles. The van der Waals surface area contributed by atoms with Crippen LogP contribution in [0.4, 0.5) is 0 Å². The molecule has 1 aromatic carbocycles. The topological polar surface area (TPSA) is 12.0 Å². The highest BCUT2D eigenvalue weighted by Crippen LogP contribution is 2.36. The molecule has 1 nitrogen and oxygen atoms in total. The van der Waals surface area contributed by atoms with Crippen LogP contribution in [-0.2, 0) is 0 Å². The van der Waals surface area contributed by atoms with Gasteiger partial charge in [-0.3, -0.25) is 0 Å². The minimum Gasteiger partial charge on any atom is -0.316 e. The molecule has 1 aliphatic rings. The first-order chi connectivity index (χ1) is 7.72. The number of hydrogen-bond acceptors (Lipinski definition) is 1. The summed E-state index contributed by atoms with van der Waals surface area (Å²) >= 11 is 3.72. The van der Waals surface area contributed by atoms with Gasteiger partial charge in [0, 0.05) is 4.47 Å². The number of rotatable bonds is 2. The number of nitrogens with one attached hydrogen (secondary N) is 1. The van der Waals surface area contributed by atoms with Gasteiger partial charge in [0.1, 0.15) is 0 Å².